The van der Waals surface area contributed by atoms with Gasteiger partial charge in [0.1, 0.15) is 0 Å². The molecule has 0 spiro atoms. The monoisotopic (exact) mass is 279 g/mol. The zero-order chi connectivity index (χ0) is 14.4. The average Bonchev–Trinajstić information content (AvgIpc) is 3.00. The lowest BCUT2D eigenvalue weighted by molar-refractivity contribution is 0.263. The third-order valence-corrected chi connectivity index (χ3v) is 3.91. The molecular formula is C16H29N3O. The number of nitrogens with one attached hydrogen (secondary N) is 1. The summed E-state index contributed by atoms with van der Waals surface area (Å²) in [7, 11) is 0. The Kier molecular flexibility index (Phi) is 6.05. The lowest BCUT2D eigenvalue weighted by Gasteiger charge is -2.13. The number of aromatic nitrogens is 1. The van der Waals surface area contributed by atoms with Gasteiger partial charge in [-0.25, -0.2) is 0 Å². The molecule has 0 bridgehead atoms. The van der Waals surface area contributed by atoms with Gasteiger partial charge in [-0.1, -0.05) is 32.3 Å². The van der Waals surface area contributed by atoms with E-state index in [2.05, 4.69) is 42.2 Å². The molecule has 1 aliphatic rings. The van der Waals surface area contributed by atoms with E-state index in [-0.39, 0.29) is 0 Å². The van der Waals surface area contributed by atoms with Gasteiger partial charge in [0.05, 0.1) is 12.2 Å². The third-order valence-electron chi connectivity index (χ3n) is 3.91. The van der Waals surface area contributed by atoms with E-state index in [9.17, 15) is 0 Å². The van der Waals surface area contributed by atoms with Crippen molar-refractivity contribution in [3.8, 4) is 0 Å². The quantitative estimate of drug-likeness (QED) is 0.794. The van der Waals surface area contributed by atoms with Gasteiger partial charge in [0, 0.05) is 19.2 Å². The summed E-state index contributed by atoms with van der Waals surface area (Å²) in [5.74, 6) is 2.56. The van der Waals surface area contributed by atoms with E-state index in [0.29, 0.717) is 5.92 Å². The van der Waals surface area contributed by atoms with Gasteiger partial charge in [-0.15, -0.1) is 0 Å². The predicted molar refractivity (Wildman–Crippen MR) is 81.3 cm³/mol. The van der Waals surface area contributed by atoms with Crippen LogP contribution in [0.5, 0.6) is 0 Å². The van der Waals surface area contributed by atoms with E-state index < -0.39 is 0 Å². The van der Waals surface area contributed by atoms with E-state index in [1.807, 2.05) is 0 Å². The summed E-state index contributed by atoms with van der Waals surface area (Å²) in [6.45, 7) is 11.9. The third kappa shape index (κ3) is 4.91. The van der Waals surface area contributed by atoms with Crippen LogP contribution in [0.2, 0.25) is 0 Å². The Morgan fingerprint density at radius 2 is 2.35 bits per heavy atom. The average molecular weight is 279 g/mol. The fourth-order valence-electron chi connectivity index (χ4n) is 2.92. The van der Waals surface area contributed by atoms with Gasteiger partial charge in [-0.05, 0) is 37.8 Å². The summed E-state index contributed by atoms with van der Waals surface area (Å²) in [6, 6.07) is 2.10. The maximum absolute atomic E-state index is 5.45. The molecule has 0 aromatic carbocycles. The molecule has 1 aromatic heterocycles. The first-order valence-electron chi connectivity index (χ1n) is 8.05. The molecule has 1 aliphatic heterocycles. The van der Waals surface area contributed by atoms with Crippen molar-refractivity contribution < 1.29 is 4.52 Å². The Morgan fingerprint density at radius 3 is 3.10 bits per heavy atom. The Balaban J connectivity index is 1.73. The highest BCUT2D eigenvalue weighted by atomic mass is 16.5. The molecule has 1 atom stereocenters. The van der Waals surface area contributed by atoms with E-state index in [1.54, 1.807) is 0 Å². The van der Waals surface area contributed by atoms with Crippen molar-refractivity contribution in [2.45, 2.75) is 53.1 Å². The number of likely N-dealkylation sites (tertiary alicyclic amines) is 1. The molecule has 2 heterocycles. The maximum atomic E-state index is 5.45. The molecule has 2 rings (SSSR count). The molecule has 4 heteroatoms. The van der Waals surface area contributed by atoms with Crippen LogP contribution < -0.4 is 5.32 Å². The molecule has 20 heavy (non-hydrogen) atoms. The molecule has 114 valence electrons. The minimum absolute atomic E-state index is 0.668. The molecule has 0 amide bonds. The molecule has 1 aromatic rings. The van der Waals surface area contributed by atoms with Crippen molar-refractivity contribution in [1.29, 1.82) is 0 Å². The van der Waals surface area contributed by atoms with Gasteiger partial charge >= 0.3 is 0 Å². The highest BCUT2D eigenvalue weighted by Crippen LogP contribution is 2.22. The summed E-state index contributed by atoms with van der Waals surface area (Å²) in [4.78, 5) is 2.49. The summed E-state index contributed by atoms with van der Waals surface area (Å²) >= 11 is 0. The summed E-state index contributed by atoms with van der Waals surface area (Å²) in [5, 5.41) is 7.54. The van der Waals surface area contributed by atoms with Crippen LogP contribution in [0.25, 0.3) is 0 Å². The first-order valence-corrected chi connectivity index (χ1v) is 8.05. The fraction of sp³-hybridized carbons (Fsp3) is 0.812. The van der Waals surface area contributed by atoms with E-state index >= 15 is 0 Å². The van der Waals surface area contributed by atoms with Crippen molar-refractivity contribution in [1.82, 2.24) is 15.4 Å². The number of nitrogens with zero attached hydrogens (tertiary/aromatic N) is 2. The predicted octanol–water partition coefficient (Wildman–Crippen LogP) is 3.04. The normalized spacial score (nSPS) is 20.1. The number of hydrogen-bond acceptors (Lipinski definition) is 4. The van der Waals surface area contributed by atoms with E-state index in [4.69, 9.17) is 4.52 Å². The summed E-state index contributed by atoms with van der Waals surface area (Å²) in [5.41, 5.74) is 1.02. The summed E-state index contributed by atoms with van der Waals surface area (Å²) in [6.07, 6.45) is 3.99. The largest absolute Gasteiger partial charge is 0.360 e. The van der Waals surface area contributed by atoms with Crippen LogP contribution in [0.3, 0.4) is 0 Å². The lowest BCUT2D eigenvalue weighted by atomic mass is 10.0. The molecule has 0 aliphatic carbocycles. The number of rotatable bonds is 8. The highest BCUT2D eigenvalue weighted by Gasteiger charge is 2.22. The van der Waals surface area contributed by atoms with Crippen LogP contribution in [-0.4, -0.2) is 29.7 Å². The standard InChI is InChI=1S/C16H29N3O/c1-4-5-14-6-7-19(11-14)12-16-8-15(18-20-16)10-17-9-13(2)3/h8,13-14,17H,4-7,9-12H2,1-3H3. The second-order valence-electron chi connectivity index (χ2n) is 6.49. The Bertz CT molecular complexity index is 389. The minimum atomic E-state index is 0.668. The van der Waals surface area contributed by atoms with Crippen molar-refractivity contribution >= 4 is 0 Å². The van der Waals surface area contributed by atoms with Gasteiger partial charge < -0.3 is 9.84 Å². The molecular weight excluding hydrogens is 250 g/mol. The van der Waals surface area contributed by atoms with Gasteiger partial charge in [0.2, 0.25) is 0 Å². The van der Waals surface area contributed by atoms with Gasteiger partial charge in [0.15, 0.2) is 5.76 Å². The van der Waals surface area contributed by atoms with Crippen LogP contribution >= 0.6 is 0 Å². The van der Waals surface area contributed by atoms with Gasteiger partial charge in [-0.3, -0.25) is 4.90 Å². The van der Waals surface area contributed by atoms with Crippen LogP contribution in [-0.2, 0) is 13.1 Å². The fourth-order valence-corrected chi connectivity index (χ4v) is 2.92. The smallest absolute Gasteiger partial charge is 0.151 e. The Morgan fingerprint density at radius 1 is 1.50 bits per heavy atom. The van der Waals surface area contributed by atoms with E-state index in [0.717, 1.165) is 37.0 Å². The zero-order valence-corrected chi connectivity index (χ0v) is 13.2. The van der Waals surface area contributed by atoms with Crippen LogP contribution in [0.4, 0.5) is 0 Å². The van der Waals surface area contributed by atoms with Crippen molar-refractivity contribution in [2.75, 3.05) is 19.6 Å². The maximum Gasteiger partial charge on any atom is 0.151 e. The van der Waals surface area contributed by atoms with Crippen LogP contribution in [0.15, 0.2) is 10.6 Å². The van der Waals surface area contributed by atoms with Crippen molar-refractivity contribution in [2.24, 2.45) is 11.8 Å². The molecule has 0 radical (unpaired) electrons. The first kappa shape index (κ1) is 15.5. The van der Waals surface area contributed by atoms with E-state index in [1.165, 1.54) is 32.4 Å². The molecule has 1 fully saturated rings. The molecule has 4 nitrogen and oxygen atoms in total. The minimum Gasteiger partial charge on any atom is -0.360 e. The van der Waals surface area contributed by atoms with Crippen molar-refractivity contribution in [3.63, 3.8) is 0 Å². The Hall–Kier alpha value is -0.870. The van der Waals surface area contributed by atoms with Crippen LogP contribution in [0, 0.1) is 11.8 Å². The lowest BCUT2D eigenvalue weighted by Crippen LogP contribution is -2.20. The molecule has 1 unspecified atom stereocenters. The van der Waals surface area contributed by atoms with Crippen LogP contribution in [0.1, 0.15) is 51.5 Å². The molecule has 0 saturated carbocycles. The molecule has 1 N–H and O–H groups in total. The SMILES string of the molecule is CCCC1CCN(Cc2cc(CNCC(C)C)no2)C1. The van der Waals surface area contributed by atoms with Crippen molar-refractivity contribution in [3.05, 3.63) is 17.5 Å². The topological polar surface area (TPSA) is 41.3 Å². The van der Waals surface area contributed by atoms with Gasteiger partial charge in [0.25, 0.3) is 0 Å². The second-order valence-corrected chi connectivity index (χ2v) is 6.49. The second kappa shape index (κ2) is 7.79. The number of hydrogen-bond donors (Lipinski definition) is 1. The first-order chi connectivity index (χ1) is 9.67. The Labute approximate surface area is 122 Å². The van der Waals surface area contributed by atoms with Gasteiger partial charge in [-0.2, -0.15) is 0 Å². The zero-order valence-electron chi connectivity index (χ0n) is 13.2. The molecule has 1 saturated heterocycles. The highest BCUT2D eigenvalue weighted by molar-refractivity contribution is 5.05. The summed E-state index contributed by atoms with van der Waals surface area (Å²) < 4.78 is 5.45.